The zero-order valence-corrected chi connectivity index (χ0v) is 13.0. The number of halogens is 1. The monoisotopic (exact) mass is 321 g/mol. The summed E-state index contributed by atoms with van der Waals surface area (Å²) in [6.45, 7) is 3.50. The van der Waals surface area contributed by atoms with Gasteiger partial charge in [0.25, 0.3) is 5.22 Å². The zero-order valence-electron chi connectivity index (χ0n) is 12.2. The minimum absolute atomic E-state index is 0.101. The highest BCUT2D eigenvalue weighted by atomic mass is 32.2. The highest BCUT2D eigenvalue weighted by Crippen LogP contribution is 2.27. The second kappa shape index (κ2) is 6.48. The maximum atomic E-state index is 12.9. The number of benzene rings is 1. The van der Waals surface area contributed by atoms with Crippen molar-refractivity contribution in [2.24, 2.45) is 0 Å². The molecule has 1 amide bonds. The van der Waals surface area contributed by atoms with Crippen LogP contribution in [0.25, 0.3) is 11.5 Å². The predicted octanol–water partition coefficient (Wildman–Crippen LogP) is 2.98. The Balaban J connectivity index is 1.66. The van der Waals surface area contributed by atoms with Gasteiger partial charge in [-0.1, -0.05) is 11.8 Å². The van der Waals surface area contributed by atoms with E-state index in [4.69, 9.17) is 4.42 Å². The number of amides is 1. The molecule has 1 aromatic carbocycles. The van der Waals surface area contributed by atoms with Crippen molar-refractivity contribution in [3.8, 4) is 11.5 Å². The summed E-state index contributed by atoms with van der Waals surface area (Å²) in [6, 6.07) is 5.84. The molecule has 2 aromatic rings. The van der Waals surface area contributed by atoms with Crippen molar-refractivity contribution in [2.75, 3.05) is 13.1 Å². The summed E-state index contributed by atoms with van der Waals surface area (Å²) in [7, 11) is 0. The number of likely N-dealkylation sites (tertiary alicyclic amines) is 1. The van der Waals surface area contributed by atoms with Gasteiger partial charge < -0.3 is 9.32 Å². The van der Waals surface area contributed by atoms with Crippen molar-refractivity contribution in [3.63, 3.8) is 0 Å². The number of rotatable bonds is 4. The largest absolute Gasteiger partial charge is 0.411 e. The molecular formula is C15H16FN3O2S. The molecule has 0 saturated carbocycles. The molecule has 0 bridgehead atoms. The van der Waals surface area contributed by atoms with Gasteiger partial charge in [-0.15, -0.1) is 10.2 Å². The van der Waals surface area contributed by atoms with E-state index in [2.05, 4.69) is 10.2 Å². The number of nitrogens with zero attached hydrogens (tertiary/aromatic N) is 3. The van der Waals surface area contributed by atoms with E-state index in [0.717, 1.165) is 25.9 Å². The average molecular weight is 321 g/mol. The first-order chi connectivity index (χ1) is 10.6. The van der Waals surface area contributed by atoms with E-state index in [9.17, 15) is 9.18 Å². The maximum Gasteiger partial charge on any atom is 0.277 e. The lowest BCUT2D eigenvalue weighted by Crippen LogP contribution is -2.34. The van der Waals surface area contributed by atoms with E-state index < -0.39 is 0 Å². The van der Waals surface area contributed by atoms with Crippen molar-refractivity contribution >= 4 is 17.7 Å². The van der Waals surface area contributed by atoms with Crippen LogP contribution in [0.15, 0.2) is 33.9 Å². The zero-order chi connectivity index (χ0) is 15.5. The average Bonchev–Trinajstić information content (AvgIpc) is 3.18. The van der Waals surface area contributed by atoms with Crippen LogP contribution in [0.5, 0.6) is 0 Å². The molecule has 1 atom stereocenters. The highest BCUT2D eigenvalue weighted by molar-refractivity contribution is 8.00. The Morgan fingerprint density at radius 3 is 2.64 bits per heavy atom. The third-order valence-electron chi connectivity index (χ3n) is 3.54. The summed E-state index contributed by atoms with van der Waals surface area (Å²) < 4.78 is 18.4. The summed E-state index contributed by atoms with van der Waals surface area (Å²) in [4.78, 5) is 14.1. The number of aromatic nitrogens is 2. The summed E-state index contributed by atoms with van der Waals surface area (Å²) >= 11 is 1.25. The Morgan fingerprint density at radius 2 is 1.95 bits per heavy atom. The molecular weight excluding hydrogens is 305 g/mol. The second-order valence-corrected chi connectivity index (χ2v) is 6.46. The standard InChI is InChI=1S/C15H16FN3O2S/c1-10(14(20)19-8-2-3-9-19)22-15-18-17-13(21-15)11-4-6-12(16)7-5-11/h4-7,10H,2-3,8-9H2,1H3/t10-/m1/s1. The molecule has 0 radical (unpaired) electrons. The van der Waals surface area contributed by atoms with Crippen LogP contribution in [-0.4, -0.2) is 39.3 Å². The fraction of sp³-hybridized carbons (Fsp3) is 0.400. The van der Waals surface area contributed by atoms with E-state index in [1.54, 1.807) is 12.1 Å². The molecule has 0 unspecified atom stereocenters. The van der Waals surface area contributed by atoms with E-state index in [0.29, 0.717) is 16.7 Å². The first-order valence-corrected chi connectivity index (χ1v) is 8.06. The van der Waals surface area contributed by atoms with Crippen molar-refractivity contribution in [1.82, 2.24) is 15.1 Å². The normalized spacial score (nSPS) is 16.0. The van der Waals surface area contributed by atoms with Gasteiger partial charge >= 0.3 is 0 Å². The summed E-state index contributed by atoms with van der Waals surface area (Å²) in [5, 5.41) is 7.97. The SMILES string of the molecule is C[C@@H](Sc1nnc(-c2ccc(F)cc2)o1)C(=O)N1CCCC1. The van der Waals surface area contributed by atoms with Crippen LogP contribution in [0.2, 0.25) is 0 Å². The molecule has 2 heterocycles. The molecule has 22 heavy (non-hydrogen) atoms. The van der Waals surface area contributed by atoms with Crippen LogP contribution < -0.4 is 0 Å². The van der Waals surface area contributed by atoms with E-state index >= 15 is 0 Å². The van der Waals surface area contributed by atoms with Gasteiger partial charge in [0.1, 0.15) is 5.82 Å². The van der Waals surface area contributed by atoms with E-state index in [1.165, 1.54) is 23.9 Å². The molecule has 1 aliphatic heterocycles. The predicted molar refractivity (Wildman–Crippen MR) is 80.8 cm³/mol. The highest BCUT2D eigenvalue weighted by Gasteiger charge is 2.25. The van der Waals surface area contributed by atoms with E-state index in [-0.39, 0.29) is 17.0 Å². The fourth-order valence-corrected chi connectivity index (χ4v) is 3.13. The Kier molecular flexibility index (Phi) is 4.42. The van der Waals surface area contributed by atoms with Crippen LogP contribution in [0, 0.1) is 5.82 Å². The minimum atomic E-state index is -0.317. The molecule has 1 fully saturated rings. The third-order valence-corrected chi connectivity index (χ3v) is 4.46. The van der Waals surface area contributed by atoms with Crippen LogP contribution in [0.4, 0.5) is 4.39 Å². The van der Waals surface area contributed by atoms with Gasteiger partial charge in [-0.2, -0.15) is 0 Å². The molecule has 3 rings (SSSR count). The Hall–Kier alpha value is -1.89. The summed E-state index contributed by atoms with van der Waals surface area (Å²) in [5.41, 5.74) is 0.652. The number of hydrogen-bond acceptors (Lipinski definition) is 5. The van der Waals surface area contributed by atoms with Crippen LogP contribution in [-0.2, 0) is 4.79 Å². The third kappa shape index (κ3) is 3.30. The second-order valence-electron chi connectivity index (χ2n) is 5.17. The van der Waals surface area contributed by atoms with Crippen LogP contribution in [0.1, 0.15) is 19.8 Å². The molecule has 1 aliphatic rings. The van der Waals surface area contributed by atoms with Gasteiger partial charge in [-0.05, 0) is 44.0 Å². The number of carbonyl (C=O) groups excluding carboxylic acids is 1. The van der Waals surface area contributed by atoms with Crippen molar-refractivity contribution in [1.29, 1.82) is 0 Å². The van der Waals surface area contributed by atoms with Gasteiger partial charge in [-0.3, -0.25) is 4.79 Å². The first-order valence-electron chi connectivity index (χ1n) is 7.18. The minimum Gasteiger partial charge on any atom is -0.411 e. The Labute approximate surface area is 131 Å². The van der Waals surface area contributed by atoms with Gasteiger partial charge in [-0.25, -0.2) is 4.39 Å². The lowest BCUT2D eigenvalue weighted by atomic mass is 10.2. The van der Waals surface area contributed by atoms with Crippen molar-refractivity contribution < 1.29 is 13.6 Å². The maximum absolute atomic E-state index is 12.9. The topological polar surface area (TPSA) is 59.2 Å². The van der Waals surface area contributed by atoms with Gasteiger partial charge in [0, 0.05) is 18.7 Å². The molecule has 0 spiro atoms. The number of thioether (sulfide) groups is 1. The molecule has 7 heteroatoms. The fourth-order valence-electron chi connectivity index (χ4n) is 2.36. The molecule has 0 N–H and O–H groups in total. The molecule has 116 valence electrons. The molecule has 5 nitrogen and oxygen atoms in total. The first kappa shape index (κ1) is 15.0. The number of hydrogen-bond donors (Lipinski definition) is 0. The molecule has 0 aliphatic carbocycles. The lowest BCUT2D eigenvalue weighted by molar-refractivity contribution is -0.129. The van der Waals surface area contributed by atoms with Gasteiger partial charge in [0.05, 0.1) is 5.25 Å². The molecule has 1 aromatic heterocycles. The smallest absolute Gasteiger partial charge is 0.277 e. The van der Waals surface area contributed by atoms with E-state index in [1.807, 2.05) is 11.8 Å². The summed E-state index contributed by atoms with van der Waals surface area (Å²) in [5.74, 6) is 0.107. The van der Waals surface area contributed by atoms with Gasteiger partial charge in [0.2, 0.25) is 11.8 Å². The van der Waals surface area contributed by atoms with Gasteiger partial charge in [0.15, 0.2) is 0 Å². The van der Waals surface area contributed by atoms with Crippen molar-refractivity contribution in [2.45, 2.75) is 30.2 Å². The van der Waals surface area contributed by atoms with Crippen LogP contribution >= 0.6 is 11.8 Å². The summed E-state index contributed by atoms with van der Waals surface area (Å²) in [6.07, 6.45) is 2.14. The lowest BCUT2D eigenvalue weighted by Gasteiger charge is -2.18. The van der Waals surface area contributed by atoms with Crippen molar-refractivity contribution in [3.05, 3.63) is 30.1 Å². The Morgan fingerprint density at radius 1 is 1.27 bits per heavy atom. The van der Waals surface area contributed by atoms with Crippen LogP contribution in [0.3, 0.4) is 0 Å². The number of carbonyl (C=O) groups is 1. The Bertz CT molecular complexity index is 653. The quantitative estimate of drug-likeness (QED) is 0.810. The molecule has 1 saturated heterocycles.